The van der Waals surface area contributed by atoms with E-state index < -0.39 is 9.84 Å². The molecule has 1 aromatic carbocycles. The van der Waals surface area contributed by atoms with Gasteiger partial charge in [-0.15, -0.1) is 0 Å². The maximum atomic E-state index is 11.2. The summed E-state index contributed by atoms with van der Waals surface area (Å²) in [5.74, 6) is 0. The van der Waals surface area contributed by atoms with Gasteiger partial charge < -0.3 is 0 Å². The molecular formula is C8H7BrO2S. The number of sulfone groups is 1. The molecule has 0 unspecified atom stereocenters. The average Bonchev–Trinajstić information content (AvgIpc) is 2.05. The molecule has 4 heteroatoms. The second kappa shape index (κ2) is 3.41. The summed E-state index contributed by atoms with van der Waals surface area (Å²) in [5.41, 5.74) is 0. The lowest BCUT2D eigenvalue weighted by atomic mass is 10.4. The van der Waals surface area contributed by atoms with Crippen molar-refractivity contribution >= 4 is 25.8 Å². The van der Waals surface area contributed by atoms with Gasteiger partial charge >= 0.3 is 0 Å². The van der Waals surface area contributed by atoms with E-state index in [0.717, 1.165) is 9.88 Å². The summed E-state index contributed by atoms with van der Waals surface area (Å²) >= 11 is 3.19. The van der Waals surface area contributed by atoms with Crippen molar-refractivity contribution in [2.24, 2.45) is 0 Å². The molecule has 0 amide bonds. The Labute approximate surface area is 80.0 Å². The first-order valence-electron chi connectivity index (χ1n) is 3.19. The van der Waals surface area contributed by atoms with Gasteiger partial charge in [0.15, 0.2) is 9.84 Å². The summed E-state index contributed by atoms with van der Waals surface area (Å²) in [7, 11) is -3.29. The monoisotopic (exact) mass is 246 g/mol. The molecule has 0 fully saturated rings. The van der Waals surface area contributed by atoms with Crippen molar-refractivity contribution in [3.8, 4) is 0 Å². The lowest BCUT2D eigenvalue weighted by Crippen LogP contribution is -1.94. The Bertz CT molecular complexity index is 395. The van der Waals surface area contributed by atoms with Crippen LogP contribution in [0.4, 0.5) is 0 Å². The fourth-order valence-corrected chi connectivity index (χ4v) is 2.04. The van der Waals surface area contributed by atoms with Crippen molar-refractivity contribution in [3.05, 3.63) is 40.7 Å². The summed E-state index contributed by atoms with van der Waals surface area (Å²) in [4.78, 5) is 0.256. The first-order chi connectivity index (χ1) is 5.56. The van der Waals surface area contributed by atoms with Crippen LogP contribution in [0.5, 0.6) is 0 Å². The summed E-state index contributed by atoms with van der Waals surface area (Å²) in [5, 5.41) is 0.939. The highest BCUT2D eigenvalue weighted by Gasteiger charge is 2.08. The average molecular weight is 247 g/mol. The van der Waals surface area contributed by atoms with Crippen LogP contribution in [0.1, 0.15) is 0 Å². The van der Waals surface area contributed by atoms with Gasteiger partial charge in [0.05, 0.1) is 4.90 Å². The van der Waals surface area contributed by atoms with Gasteiger partial charge in [-0.05, 0) is 18.2 Å². The molecule has 0 saturated heterocycles. The molecule has 64 valence electrons. The Morgan fingerprint density at radius 2 is 2.08 bits per heavy atom. The largest absolute Gasteiger partial charge is 0.219 e. The van der Waals surface area contributed by atoms with E-state index >= 15 is 0 Å². The fraction of sp³-hybridized carbons (Fsp3) is 0. The molecular weight excluding hydrogens is 240 g/mol. The molecule has 2 nitrogen and oxygen atoms in total. The van der Waals surface area contributed by atoms with E-state index in [2.05, 4.69) is 22.5 Å². The standard InChI is InChI=1S/C8H7BrO2S/c1-2-12(10,11)8-5-3-4-7(9)6-8/h2-6H,1H2. The van der Waals surface area contributed by atoms with Gasteiger partial charge in [0.1, 0.15) is 0 Å². The highest BCUT2D eigenvalue weighted by molar-refractivity contribution is 9.10. The van der Waals surface area contributed by atoms with Crippen molar-refractivity contribution in [2.45, 2.75) is 4.90 Å². The molecule has 0 aromatic heterocycles. The highest BCUT2D eigenvalue weighted by atomic mass is 79.9. The SMILES string of the molecule is C=CS(=O)(=O)c1cccc(Br)c1. The minimum Gasteiger partial charge on any atom is -0.219 e. The van der Waals surface area contributed by atoms with Crippen LogP contribution in [0.3, 0.4) is 0 Å². The molecule has 0 bridgehead atoms. The fourth-order valence-electron chi connectivity index (χ4n) is 0.740. The first kappa shape index (κ1) is 9.48. The Hall–Kier alpha value is -0.610. The smallest absolute Gasteiger partial charge is 0.199 e. The van der Waals surface area contributed by atoms with E-state index in [1.54, 1.807) is 12.1 Å². The minimum atomic E-state index is -3.29. The Morgan fingerprint density at radius 3 is 2.58 bits per heavy atom. The maximum Gasteiger partial charge on any atom is 0.199 e. The van der Waals surface area contributed by atoms with E-state index in [1.807, 2.05) is 0 Å². The summed E-state index contributed by atoms with van der Waals surface area (Å²) < 4.78 is 23.2. The van der Waals surface area contributed by atoms with Crippen LogP contribution in [-0.2, 0) is 9.84 Å². The lowest BCUT2D eigenvalue weighted by molar-refractivity contribution is 0.604. The van der Waals surface area contributed by atoms with Gasteiger partial charge in [0, 0.05) is 9.88 Å². The quantitative estimate of drug-likeness (QED) is 0.803. The van der Waals surface area contributed by atoms with Crippen LogP contribution >= 0.6 is 15.9 Å². The molecule has 0 aliphatic rings. The molecule has 0 spiro atoms. The van der Waals surface area contributed by atoms with Gasteiger partial charge in [0.25, 0.3) is 0 Å². The second-order valence-corrected chi connectivity index (χ2v) is 4.98. The molecule has 1 rings (SSSR count). The molecule has 0 aliphatic heterocycles. The molecule has 12 heavy (non-hydrogen) atoms. The van der Waals surface area contributed by atoms with Gasteiger partial charge in [-0.25, -0.2) is 8.42 Å². The van der Waals surface area contributed by atoms with Crippen LogP contribution in [0.2, 0.25) is 0 Å². The number of rotatable bonds is 2. The molecule has 0 saturated carbocycles. The third-order valence-corrected chi connectivity index (χ3v) is 3.19. The van der Waals surface area contributed by atoms with Crippen LogP contribution in [0, 0.1) is 0 Å². The minimum absolute atomic E-state index is 0.256. The summed E-state index contributed by atoms with van der Waals surface area (Å²) in [6, 6.07) is 6.50. The normalized spacial score (nSPS) is 11.1. The summed E-state index contributed by atoms with van der Waals surface area (Å²) in [6.07, 6.45) is 0. The molecule has 0 aliphatic carbocycles. The van der Waals surface area contributed by atoms with Crippen molar-refractivity contribution < 1.29 is 8.42 Å². The van der Waals surface area contributed by atoms with E-state index in [1.165, 1.54) is 12.1 Å². The molecule has 0 heterocycles. The van der Waals surface area contributed by atoms with Gasteiger partial charge in [-0.3, -0.25) is 0 Å². The Kier molecular flexibility index (Phi) is 2.69. The number of halogens is 1. The first-order valence-corrected chi connectivity index (χ1v) is 5.53. The van der Waals surface area contributed by atoms with E-state index in [0.29, 0.717) is 0 Å². The van der Waals surface area contributed by atoms with E-state index in [4.69, 9.17) is 0 Å². The predicted molar refractivity (Wildman–Crippen MR) is 51.5 cm³/mol. The Balaban J connectivity index is 3.30. The van der Waals surface area contributed by atoms with Gasteiger partial charge in [-0.2, -0.15) is 0 Å². The highest BCUT2D eigenvalue weighted by Crippen LogP contribution is 2.17. The lowest BCUT2D eigenvalue weighted by Gasteiger charge is -1.97. The van der Waals surface area contributed by atoms with Gasteiger partial charge in [0.2, 0.25) is 0 Å². The molecule has 0 N–H and O–H groups in total. The Morgan fingerprint density at radius 1 is 1.42 bits per heavy atom. The zero-order valence-electron chi connectivity index (χ0n) is 6.20. The summed E-state index contributed by atoms with van der Waals surface area (Å²) in [6.45, 7) is 3.24. The van der Waals surface area contributed by atoms with Crippen molar-refractivity contribution in [3.63, 3.8) is 0 Å². The topological polar surface area (TPSA) is 34.1 Å². The van der Waals surface area contributed by atoms with E-state index in [9.17, 15) is 8.42 Å². The molecule has 0 radical (unpaired) electrons. The maximum absolute atomic E-state index is 11.2. The predicted octanol–water partition coefficient (Wildman–Crippen LogP) is 2.37. The zero-order valence-corrected chi connectivity index (χ0v) is 8.60. The third-order valence-electron chi connectivity index (χ3n) is 1.34. The zero-order chi connectivity index (χ0) is 9.19. The van der Waals surface area contributed by atoms with Gasteiger partial charge in [-0.1, -0.05) is 28.6 Å². The van der Waals surface area contributed by atoms with Crippen molar-refractivity contribution in [1.82, 2.24) is 0 Å². The van der Waals surface area contributed by atoms with Crippen molar-refractivity contribution in [1.29, 1.82) is 0 Å². The number of benzene rings is 1. The van der Waals surface area contributed by atoms with E-state index in [-0.39, 0.29) is 4.90 Å². The van der Waals surface area contributed by atoms with Crippen molar-refractivity contribution in [2.75, 3.05) is 0 Å². The van der Waals surface area contributed by atoms with Crippen LogP contribution in [-0.4, -0.2) is 8.42 Å². The number of hydrogen-bond donors (Lipinski definition) is 0. The molecule has 1 aromatic rings. The third kappa shape index (κ3) is 1.95. The second-order valence-electron chi connectivity index (χ2n) is 2.17. The number of hydrogen-bond acceptors (Lipinski definition) is 2. The van der Waals surface area contributed by atoms with Crippen LogP contribution in [0.15, 0.2) is 45.6 Å². The van der Waals surface area contributed by atoms with Crippen LogP contribution in [0.25, 0.3) is 0 Å². The van der Waals surface area contributed by atoms with Crippen LogP contribution < -0.4 is 0 Å². The molecule has 0 atom stereocenters.